The van der Waals surface area contributed by atoms with Crippen molar-refractivity contribution in [2.45, 2.75) is 26.1 Å². The van der Waals surface area contributed by atoms with Crippen molar-refractivity contribution in [3.8, 4) is 0 Å². The number of rotatable bonds is 6. The van der Waals surface area contributed by atoms with E-state index in [-0.39, 0.29) is 0 Å². The monoisotopic (exact) mass is 264 g/mol. The second kappa shape index (κ2) is 7.33. The summed E-state index contributed by atoms with van der Waals surface area (Å²) in [5.41, 5.74) is 4.38. The Morgan fingerprint density at radius 3 is 2.68 bits per heavy atom. The lowest BCUT2D eigenvalue weighted by Gasteiger charge is -2.19. The maximum absolute atomic E-state index is 11.3. The lowest BCUT2D eigenvalue weighted by atomic mass is 10.1. The molecule has 19 heavy (non-hydrogen) atoms. The summed E-state index contributed by atoms with van der Waals surface area (Å²) in [6, 6.07) is 9.44. The minimum Gasteiger partial charge on any atom is -0.438 e. The molecule has 6 nitrogen and oxygen atoms in total. The topological polar surface area (TPSA) is 76.7 Å². The van der Waals surface area contributed by atoms with E-state index in [9.17, 15) is 9.59 Å². The minimum absolute atomic E-state index is 0.290. The molecule has 1 amide bonds. The Morgan fingerprint density at radius 2 is 2.05 bits per heavy atom. The highest BCUT2D eigenvalue weighted by atomic mass is 16.7. The molecule has 0 bridgehead atoms. The fourth-order valence-electron chi connectivity index (χ4n) is 1.21. The van der Waals surface area contributed by atoms with Gasteiger partial charge in [0.15, 0.2) is 0 Å². The van der Waals surface area contributed by atoms with Crippen LogP contribution in [0.3, 0.4) is 0 Å². The van der Waals surface area contributed by atoms with Gasteiger partial charge in [0.25, 0.3) is 0 Å². The van der Waals surface area contributed by atoms with Crippen LogP contribution >= 0.6 is 0 Å². The average Bonchev–Trinajstić information content (AvgIpc) is 2.35. The number of amides is 1. The van der Waals surface area contributed by atoms with Gasteiger partial charge in [-0.15, -0.1) is 5.59 Å². The van der Waals surface area contributed by atoms with E-state index in [0.29, 0.717) is 6.61 Å². The van der Waals surface area contributed by atoms with Crippen LogP contribution in [0.1, 0.15) is 19.4 Å². The van der Waals surface area contributed by atoms with Gasteiger partial charge in [0, 0.05) is 6.08 Å². The van der Waals surface area contributed by atoms with E-state index < -0.39 is 11.7 Å². The Bertz CT molecular complexity index is 453. The van der Waals surface area contributed by atoms with Crippen LogP contribution in [-0.2, 0) is 21.0 Å². The maximum Gasteiger partial charge on any atom is 0.424 e. The molecule has 0 unspecified atom stereocenters. The van der Waals surface area contributed by atoms with E-state index in [2.05, 4.69) is 11.0 Å². The highest BCUT2D eigenvalue weighted by molar-refractivity contribution is 5.67. The quantitative estimate of drug-likeness (QED) is 0.463. The molecule has 0 fully saturated rings. The zero-order chi connectivity index (χ0) is 14.1. The molecule has 0 aliphatic heterocycles. The fraction of sp³-hybridized carbons (Fsp3) is 0.308. The van der Waals surface area contributed by atoms with Crippen molar-refractivity contribution in [3.05, 3.63) is 42.0 Å². The molecule has 0 aliphatic rings. The summed E-state index contributed by atoms with van der Waals surface area (Å²) in [7, 11) is 0. The standard InChI is InChI=1S/C13H16N2O4/c1-13(2,8-9-16)19-12(17)14-15-18-10-11-6-4-3-5-7-11/h3-8,15H,10H2,1-2H3,(H,14,17). The van der Waals surface area contributed by atoms with Crippen LogP contribution in [0, 0.1) is 0 Å². The molecule has 0 radical (unpaired) electrons. The highest BCUT2D eigenvalue weighted by Crippen LogP contribution is 2.08. The molecule has 0 atom stereocenters. The van der Waals surface area contributed by atoms with Crippen LogP contribution in [0.5, 0.6) is 0 Å². The number of carbonyl (C=O) groups is 1. The summed E-state index contributed by atoms with van der Waals surface area (Å²) in [5.74, 6) is 1.57. The second-order valence-electron chi connectivity index (χ2n) is 4.26. The Balaban J connectivity index is 2.23. The SMILES string of the molecule is CC(C)(C=C=O)OC(=O)NNOCc1ccccc1. The highest BCUT2D eigenvalue weighted by Gasteiger charge is 2.19. The molecular formula is C13H16N2O4. The normalized spacial score (nSPS) is 10.4. The zero-order valence-electron chi connectivity index (χ0n) is 10.8. The smallest absolute Gasteiger partial charge is 0.424 e. The first-order chi connectivity index (χ1) is 9.03. The second-order valence-corrected chi connectivity index (χ2v) is 4.26. The van der Waals surface area contributed by atoms with Crippen molar-refractivity contribution in [2.24, 2.45) is 0 Å². The van der Waals surface area contributed by atoms with Crippen LogP contribution in [0.15, 0.2) is 36.4 Å². The van der Waals surface area contributed by atoms with E-state index in [1.54, 1.807) is 19.8 Å². The molecule has 0 spiro atoms. The molecule has 0 heterocycles. The minimum atomic E-state index is -1.02. The molecule has 1 aromatic carbocycles. The summed E-state index contributed by atoms with van der Waals surface area (Å²) in [6.45, 7) is 3.41. The Labute approximate surface area is 111 Å². The van der Waals surface area contributed by atoms with Crippen LogP contribution in [0.4, 0.5) is 4.79 Å². The maximum atomic E-state index is 11.3. The first kappa shape index (κ1) is 14.9. The summed E-state index contributed by atoms with van der Waals surface area (Å²) in [6.07, 6.45) is 0.349. The third kappa shape index (κ3) is 6.38. The molecule has 1 aromatic rings. The van der Waals surface area contributed by atoms with Crippen molar-refractivity contribution in [1.82, 2.24) is 11.0 Å². The van der Waals surface area contributed by atoms with Crippen LogP contribution in [0.2, 0.25) is 0 Å². The molecule has 0 aromatic heterocycles. The number of nitrogens with one attached hydrogen (secondary N) is 2. The van der Waals surface area contributed by atoms with E-state index >= 15 is 0 Å². The molecule has 0 saturated carbocycles. The van der Waals surface area contributed by atoms with Crippen LogP contribution in [0.25, 0.3) is 0 Å². The van der Waals surface area contributed by atoms with Gasteiger partial charge in [-0.05, 0) is 19.4 Å². The molecule has 102 valence electrons. The molecule has 0 saturated heterocycles. The number of benzene rings is 1. The van der Waals surface area contributed by atoms with E-state index in [1.165, 1.54) is 0 Å². The van der Waals surface area contributed by atoms with E-state index in [0.717, 1.165) is 11.6 Å². The van der Waals surface area contributed by atoms with Gasteiger partial charge in [-0.2, -0.15) is 0 Å². The largest absolute Gasteiger partial charge is 0.438 e. The Hall–Kier alpha value is -2.14. The van der Waals surface area contributed by atoms with Gasteiger partial charge in [-0.3, -0.25) is 4.84 Å². The van der Waals surface area contributed by atoms with Gasteiger partial charge >= 0.3 is 6.09 Å². The number of hydrogen-bond acceptors (Lipinski definition) is 5. The zero-order valence-corrected chi connectivity index (χ0v) is 10.8. The Kier molecular flexibility index (Phi) is 5.75. The van der Waals surface area contributed by atoms with Crippen LogP contribution in [-0.4, -0.2) is 17.6 Å². The number of ether oxygens (including phenoxy) is 1. The lowest BCUT2D eigenvalue weighted by molar-refractivity contribution is -0.0116. The predicted molar refractivity (Wildman–Crippen MR) is 68.3 cm³/mol. The fourth-order valence-corrected chi connectivity index (χ4v) is 1.21. The lowest BCUT2D eigenvalue weighted by Crippen LogP contribution is -2.41. The van der Waals surface area contributed by atoms with Gasteiger partial charge in [-0.1, -0.05) is 30.3 Å². The number of hydrogen-bond donors (Lipinski definition) is 2. The third-order valence-corrected chi connectivity index (χ3v) is 2.07. The van der Waals surface area contributed by atoms with E-state index in [4.69, 9.17) is 9.57 Å². The molecule has 6 heteroatoms. The average molecular weight is 264 g/mol. The summed E-state index contributed by atoms with van der Waals surface area (Å²) >= 11 is 0. The molecule has 2 N–H and O–H groups in total. The van der Waals surface area contributed by atoms with Crippen LogP contribution < -0.4 is 11.0 Å². The van der Waals surface area contributed by atoms with Crippen molar-refractivity contribution in [3.63, 3.8) is 0 Å². The molecule has 0 aliphatic carbocycles. The van der Waals surface area contributed by atoms with Crippen molar-refractivity contribution >= 4 is 12.0 Å². The number of hydrazine groups is 1. The number of carbonyl (C=O) groups excluding carboxylic acids is 2. The first-order valence-corrected chi connectivity index (χ1v) is 5.65. The predicted octanol–water partition coefficient (Wildman–Crippen LogP) is 1.52. The summed E-state index contributed by atoms with van der Waals surface area (Å²) in [4.78, 5) is 26.5. The molecular weight excluding hydrogens is 248 g/mol. The first-order valence-electron chi connectivity index (χ1n) is 5.65. The third-order valence-electron chi connectivity index (χ3n) is 2.07. The molecule has 1 rings (SSSR count). The van der Waals surface area contributed by atoms with Crippen molar-refractivity contribution < 1.29 is 19.2 Å². The van der Waals surface area contributed by atoms with E-state index in [1.807, 2.05) is 30.3 Å². The van der Waals surface area contributed by atoms with Gasteiger partial charge in [0.05, 0.1) is 6.61 Å². The Morgan fingerprint density at radius 1 is 1.37 bits per heavy atom. The van der Waals surface area contributed by atoms with Gasteiger partial charge in [0.2, 0.25) is 0 Å². The summed E-state index contributed by atoms with van der Waals surface area (Å²) in [5, 5.41) is 0. The van der Waals surface area contributed by atoms with Gasteiger partial charge in [0.1, 0.15) is 11.5 Å². The van der Waals surface area contributed by atoms with Crippen molar-refractivity contribution in [1.29, 1.82) is 0 Å². The van der Waals surface area contributed by atoms with Gasteiger partial charge in [-0.25, -0.2) is 15.0 Å². The van der Waals surface area contributed by atoms with Crippen molar-refractivity contribution in [2.75, 3.05) is 0 Å². The summed E-state index contributed by atoms with van der Waals surface area (Å²) < 4.78 is 4.92. The van der Waals surface area contributed by atoms with Gasteiger partial charge < -0.3 is 4.74 Å².